The van der Waals surface area contributed by atoms with Gasteiger partial charge in [0.05, 0.1) is 0 Å². The molecule has 1 atom stereocenters. The SMILES string of the molecule is CN1CCC(N(C)C2(CN)CCCOCC2)CC1. The van der Waals surface area contributed by atoms with Crippen molar-refractivity contribution < 1.29 is 4.74 Å². The number of hydrogen-bond acceptors (Lipinski definition) is 4. The van der Waals surface area contributed by atoms with Gasteiger partial charge in [-0.15, -0.1) is 0 Å². The summed E-state index contributed by atoms with van der Waals surface area (Å²) >= 11 is 0. The third kappa shape index (κ3) is 3.05. The van der Waals surface area contributed by atoms with Crippen LogP contribution in [0.5, 0.6) is 0 Å². The summed E-state index contributed by atoms with van der Waals surface area (Å²) in [5.74, 6) is 0. The van der Waals surface area contributed by atoms with Gasteiger partial charge in [0.1, 0.15) is 0 Å². The molecule has 2 heterocycles. The van der Waals surface area contributed by atoms with E-state index in [-0.39, 0.29) is 5.54 Å². The molecular weight excluding hydrogens is 226 g/mol. The third-order valence-electron chi connectivity index (χ3n) is 5.01. The first-order valence-electron chi connectivity index (χ1n) is 7.37. The van der Waals surface area contributed by atoms with E-state index in [9.17, 15) is 0 Å². The van der Waals surface area contributed by atoms with Crippen LogP contribution < -0.4 is 5.73 Å². The highest BCUT2D eigenvalue weighted by Gasteiger charge is 2.38. The van der Waals surface area contributed by atoms with Gasteiger partial charge in [0.25, 0.3) is 0 Å². The average molecular weight is 255 g/mol. The minimum Gasteiger partial charge on any atom is -0.381 e. The molecule has 1 unspecified atom stereocenters. The molecular formula is C14H29N3O. The van der Waals surface area contributed by atoms with Crippen LogP contribution >= 0.6 is 0 Å². The van der Waals surface area contributed by atoms with Gasteiger partial charge < -0.3 is 15.4 Å². The van der Waals surface area contributed by atoms with Gasteiger partial charge in [0.15, 0.2) is 0 Å². The van der Waals surface area contributed by atoms with Crippen LogP contribution in [-0.4, -0.2) is 68.3 Å². The van der Waals surface area contributed by atoms with Crippen molar-refractivity contribution in [1.82, 2.24) is 9.80 Å². The van der Waals surface area contributed by atoms with E-state index in [2.05, 4.69) is 23.9 Å². The zero-order valence-corrected chi connectivity index (χ0v) is 12.0. The Kier molecular flexibility index (Phi) is 5.01. The second kappa shape index (κ2) is 6.33. The zero-order chi connectivity index (χ0) is 13.0. The number of likely N-dealkylation sites (N-methyl/N-ethyl adjacent to an activating group) is 1. The van der Waals surface area contributed by atoms with Crippen LogP contribution in [0.3, 0.4) is 0 Å². The fourth-order valence-corrected chi connectivity index (χ4v) is 3.46. The maximum absolute atomic E-state index is 6.13. The highest BCUT2D eigenvalue weighted by Crippen LogP contribution is 2.30. The molecule has 106 valence electrons. The quantitative estimate of drug-likeness (QED) is 0.814. The van der Waals surface area contributed by atoms with E-state index >= 15 is 0 Å². The first-order chi connectivity index (χ1) is 8.68. The summed E-state index contributed by atoms with van der Waals surface area (Å²) in [6.45, 7) is 4.97. The van der Waals surface area contributed by atoms with Crippen molar-refractivity contribution in [3.8, 4) is 0 Å². The Bertz CT molecular complexity index is 243. The Hall–Kier alpha value is -0.160. The van der Waals surface area contributed by atoms with Crippen LogP contribution in [-0.2, 0) is 4.74 Å². The summed E-state index contributed by atoms with van der Waals surface area (Å²) in [5.41, 5.74) is 6.31. The molecule has 4 heteroatoms. The summed E-state index contributed by atoms with van der Waals surface area (Å²) < 4.78 is 5.62. The van der Waals surface area contributed by atoms with Crippen LogP contribution in [0.1, 0.15) is 32.1 Å². The number of piperidine rings is 1. The largest absolute Gasteiger partial charge is 0.381 e. The molecule has 2 aliphatic heterocycles. The molecule has 0 spiro atoms. The summed E-state index contributed by atoms with van der Waals surface area (Å²) in [6, 6.07) is 0.697. The Labute approximate surface area is 111 Å². The molecule has 0 bridgehead atoms. The molecule has 0 amide bonds. The molecule has 2 rings (SSSR count). The van der Waals surface area contributed by atoms with Crippen molar-refractivity contribution in [2.24, 2.45) is 5.73 Å². The lowest BCUT2D eigenvalue weighted by Crippen LogP contribution is -2.58. The molecule has 0 aromatic rings. The molecule has 2 N–H and O–H groups in total. The van der Waals surface area contributed by atoms with Gasteiger partial charge in [0.2, 0.25) is 0 Å². The molecule has 18 heavy (non-hydrogen) atoms. The normalized spacial score (nSPS) is 32.7. The van der Waals surface area contributed by atoms with E-state index < -0.39 is 0 Å². The third-order valence-corrected chi connectivity index (χ3v) is 5.01. The minimum absolute atomic E-state index is 0.178. The highest BCUT2D eigenvalue weighted by molar-refractivity contribution is 4.95. The number of nitrogens with two attached hydrogens (primary N) is 1. The van der Waals surface area contributed by atoms with Crippen LogP contribution in [0.25, 0.3) is 0 Å². The topological polar surface area (TPSA) is 41.7 Å². The molecule has 0 aromatic heterocycles. The van der Waals surface area contributed by atoms with Crippen LogP contribution in [0.15, 0.2) is 0 Å². The lowest BCUT2D eigenvalue weighted by molar-refractivity contribution is 0.0282. The minimum atomic E-state index is 0.178. The maximum Gasteiger partial charge on any atom is 0.0484 e. The predicted molar refractivity (Wildman–Crippen MR) is 74.7 cm³/mol. The van der Waals surface area contributed by atoms with Gasteiger partial charge in [-0.3, -0.25) is 4.90 Å². The van der Waals surface area contributed by atoms with E-state index in [0.29, 0.717) is 6.04 Å². The highest BCUT2D eigenvalue weighted by atomic mass is 16.5. The zero-order valence-electron chi connectivity index (χ0n) is 12.0. The second-order valence-electron chi connectivity index (χ2n) is 6.04. The van der Waals surface area contributed by atoms with Gasteiger partial charge in [-0.25, -0.2) is 0 Å². The fraction of sp³-hybridized carbons (Fsp3) is 1.00. The second-order valence-corrected chi connectivity index (χ2v) is 6.04. The Morgan fingerprint density at radius 1 is 1.28 bits per heavy atom. The van der Waals surface area contributed by atoms with E-state index in [1.165, 1.54) is 32.4 Å². The number of likely N-dealkylation sites (tertiary alicyclic amines) is 1. The van der Waals surface area contributed by atoms with Crippen LogP contribution in [0.4, 0.5) is 0 Å². The van der Waals surface area contributed by atoms with Crippen molar-refractivity contribution in [3.05, 3.63) is 0 Å². The van der Waals surface area contributed by atoms with Crippen molar-refractivity contribution in [3.63, 3.8) is 0 Å². The van der Waals surface area contributed by atoms with E-state index in [1.54, 1.807) is 0 Å². The van der Waals surface area contributed by atoms with E-state index in [4.69, 9.17) is 10.5 Å². The van der Waals surface area contributed by atoms with Crippen molar-refractivity contribution >= 4 is 0 Å². The summed E-state index contributed by atoms with van der Waals surface area (Å²) in [5, 5.41) is 0. The number of ether oxygens (including phenoxy) is 1. The molecule has 0 radical (unpaired) electrons. The molecule has 2 aliphatic rings. The van der Waals surface area contributed by atoms with E-state index in [0.717, 1.165) is 32.6 Å². The van der Waals surface area contributed by atoms with Crippen molar-refractivity contribution in [2.45, 2.75) is 43.7 Å². The fourth-order valence-electron chi connectivity index (χ4n) is 3.46. The monoisotopic (exact) mass is 255 g/mol. The van der Waals surface area contributed by atoms with Gasteiger partial charge in [-0.2, -0.15) is 0 Å². The average Bonchev–Trinajstić information content (AvgIpc) is 2.65. The first kappa shape index (κ1) is 14.3. The van der Waals surface area contributed by atoms with Crippen molar-refractivity contribution in [1.29, 1.82) is 0 Å². The maximum atomic E-state index is 6.13. The van der Waals surface area contributed by atoms with Crippen LogP contribution in [0, 0.1) is 0 Å². The Morgan fingerprint density at radius 2 is 2.00 bits per heavy atom. The Morgan fingerprint density at radius 3 is 2.67 bits per heavy atom. The lowest BCUT2D eigenvalue weighted by atomic mass is 9.86. The molecule has 4 nitrogen and oxygen atoms in total. The van der Waals surface area contributed by atoms with Gasteiger partial charge in [-0.05, 0) is 59.3 Å². The number of hydrogen-bond donors (Lipinski definition) is 1. The Balaban J connectivity index is 2.01. The standard InChI is InChI=1S/C14H29N3O/c1-16-8-4-13(5-9-16)17(2)14(12-15)6-3-10-18-11-7-14/h13H,3-12,15H2,1-2H3. The van der Waals surface area contributed by atoms with E-state index in [1.807, 2.05) is 0 Å². The van der Waals surface area contributed by atoms with Gasteiger partial charge in [-0.1, -0.05) is 0 Å². The summed E-state index contributed by atoms with van der Waals surface area (Å²) in [7, 11) is 4.50. The first-order valence-corrected chi connectivity index (χ1v) is 7.37. The smallest absolute Gasteiger partial charge is 0.0484 e. The molecule has 2 fully saturated rings. The van der Waals surface area contributed by atoms with Crippen molar-refractivity contribution in [2.75, 3.05) is 46.9 Å². The van der Waals surface area contributed by atoms with Gasteiger partial charge >= 0.3 is 0 Å². The molecule has 2 saturated heterocycles. The summed E-state index contributed by atoms with van der Waals surface area (Å²) in [4.78, 5) is 5.02. The number of rotatable bonds is 3. The number of nitrogens with zero attached hydrogens (tertiary/aromatic N) is 2. The predicted octanol–water partition coefficient (Wildman–Crippen LogP) is 0.910. The summed E-state index contributed by atoms with van der Waals surface area (Å²) in [6.07, 6.45) is 5.97. The molecule has 0 aromatic carbocycles. The molecule has 0 saturated carbocycles. The molecule has 0 aliphatic carbocycles. The van der Waals surface area contributed by atoms with Gasteiger partial charge in [0, 0.05) is 31.3 Å². The lowest BCUT2D eigenvalue weighted by Gasteiger charge is -2.47. The van der Waals surface area contributed by atoms with Crippen LogP contribution in [0.2, 0.25) is 0 Å².